The van der Waals surface area contributed by atoms with Crippen molar-refractivity contribution in [3.8, 4) is 0 Å². The van der Waals surface area contributed by atoms with E-state index in [9.17, 15) is 17.6 Å². The topological polar surface area (TPSA) is 66.9 Å². The molecule has 2 heterocycles. The number of hydrogen-bond donors (Lipinski definition) is 0. The molecule has 164 valence electrons. The zero-order chi connectivity index (χ0) is 21.7. The largest absolute Gasteiger partial charge is 0.377 e. The standard InChI is InChI=1S/C21H27FN2O4S2/c1-16-9-11-29-20(16)14-23(12-17-5-7-18(22)8-6-17)21(25)15-24(30(2,26)27)13-19-4-3-10-28-19/h5-9,11,19H,3-4,10,12-15H2,1-2H3. The van der Waals surface area contributed by atoms with Crippen LogP contribution in [0, 0.1) is 12.7 Å². The first-order valence-electron chi connectivity index (χ1n) is 9.84. The highest BCUT2D eigenvalue weighted by atomic mass is 32.2. The zero-order valence-electron chi connectivity index (χ0n) is 17.2. The summed E-state index contributed by atoms with van der Waals surface area (Å²) < 4.78 is 44.6. The summed E-state index contributed by atoms with van der Waals surface area (Å²) >= 11 is 1.55. The van der Waals surface area contributed by atoms with Crippen molar-refractivity contribution in [1.29, 1.82) is 0 Å². The van der Waals surface area contributed by atoms with Gasteiger partial charge in [-0.05, 0) is 54.5 Å². The van der Waals surface area contributed by atoms with Gasteiger partial charge in [-0.15, -0.1) is 11.3 Å². The minimum Gasteiger partial charge on any atom is -0.377 e. The second kappa shape index (κ2) is 10.00. The summed E-state index contributed by atoms with van der Waals surface area (Å²) in [5.74, 6) is -0.638. The van der Waals surface area contributed by atoms with Gasteiger partial charge in [0, 0.05) is 24.6 Å². The van der Waals surface area contributed by atoms with Gasteiger partial charge in [0.2, 0.25) is 15.9 Å². The number of hydrogen-bond acceptors (Lipinski definition) is 5. The number of thiophene rings is 1. The highest BCUT2D eigenvalue weighted by Gasteiger charge is 2.28. The second-order valence-corrected chi connectivity index (χ2v) is 10.6. The molecule has 1 unspecified atom stereocenters. The SMILES string of the molecule is Cc1ccsc1CN(Cc1ccc(F)cc1)C(=O)CN(CC1CCCO1)S(C)(=O)=O. The summed E-state index contributed by atoms with van der Waals surface area (Å²) in [4.78, 5) is 15.9. The molecule has 3 rings (SSSR count). The van der Waals surface area contributed by atoms with Crippen molar-refractivity contribution >= 4 is 27.3 Å². The van der Waals surface area contributed by atoms with Gasteiger partial charge in [-0.2, -0.15) is 4.31 Å². The Morgan fingerprint density at radius 3 is 2.53 bits per heavy atom. The summed E-state index contributed by atoms with van der Waals surface area (Å²) in [5, 5.41) is 1.96. The Morgan fingerprint density at radius 2 is 1.97 bits per heavy atom. The van der Waals surface area contributed by atoms with Gasteiger partial charge in [0.05, 0.1) is 25.4 Å². The monoisotopic (exact) mass is 454 g/mol. The molecule has 9 heteroatoms. The molecule has 1 aliphatic rings. The number of halogens is 1. The highest BCUT2D eigenvalue weighted by molar-refractivity contribution is 7.88. The lowest BCUT2D eigenvalue weighted by molar-refractivity contribution is -0.132. The van der Waals surface area contributed by atoms with Crippen LogP contribution in [0.25, 0.3) is 0 Å². The smallest absolute Gasteiger partial charge is 0.238 e. The molecular weight excluding hydrogens is 427 g/mol. The minimum absolute atomic E-state index is 0.174. The number of nitrogens with zero attached hydrogens (tertiary/aromatic N) is 2. The van der Waals surface area contributed by atoms with E-state index in [4.69, 9.17) is 4.74 Å². The number of benzene rings is 1. The van der Waals surface area contributed by atoms with Crippen LogP contribution in [0.2, 0.25) is 0 Å². The van der Waals surface area contributed by atoms with E-state index in [1.807, 2.05) is 18.4 Å². The molecule has 2 aromatic rings. The van der Waals surface area contributed by atoms with Gasteiger partial charge in [0.1, 0.15) is 5.82 Å². The Labute approximate surface area is 181 Å². The van der Waals surface area contributed by atoms with E-state index in [1.54, 1.807) is 28.4 Å². The number of carbonyl (C=O) groups is 1. The van der Waals surface area contributed by atoms with Crippen LogP contribution in [0.4, 0.5) is 4.39 Å². The predicted octanol–water partition coefficient (Wildman–Crippen LogP) is 3.17. The van der Waals surface area contributed by atoms with Crippen molar-refractivity contribution < 1.29 is 22.3 Å². The first-order chi connectivity index (χ1) is 14.2. The van der Waals surface area contributed by atoms with Crippen LogP contribution < -0.4 is 0 Å². The molecule has 0 N–H and O–H groups in total. The van der Waals surface area contributed by atoms with Crippen molar-refractivity contribution in [3.05, 3.63) is 57.5 Å². The Hall–Kier alpha value is -1.81. The molecule has 30 heavy (non-hydrogen) atoms. The first-order valence-corrected chi connectivity index (χ1v) is 12.6. The van der Waals surface area contributed by atoms with Crippen molar-refractivity contribution in [1.82, 2.24) is 9.21 Å². The molecule has 0 bridgehead atoms. The molecule has 6 nitrogen and oxygen atoms in total. The average Bonchev–Trinajstić information content (AvgIpc) is 3.33. The third-order valence-corrected chi connectivity index (χ3v) is 7.38. The van der Waals surface area contributed by atoms with E-state index in [1.165, 1.54) is 16.4 Å². The normalized spacial score (nSPS) is 16.9. The van der Waals surface area contributed by atoms with Crippen LogP contribution in [0.3, 0.4) is 0 Å². The Morgan fingerprint density at radius 1 is 1.23 bits per heavy atom. The number of aryl methyl sites for hydroxylation is 1. The van der Waals surface area contributed by atoms with Crippen molar-refractivity contribution in [2.75, 3.05) is 26.0 Å². The maximum Gasteiger partial charge on any atom is 0.238 e. The lowest BCUT2D eigenvalue weighted by Crippen LogP contribution is -2.44. The van der Waals surface area contributed by atoms with E-state index >= 15 is 0 Å². The minimum atomic E-state index is -3.57. The average molecular weight is 455 g/mol. The molecule has 0 aliphatic carbocycles. The fourth-order valence-corrected chi connectivity index (χ4v) is 5.07. The summed E-state index contributed by atoms with van der Waals surface area (Å²) in [6, 6.07) is 7.97. The van der Waals surface area contributed by atoms with Crippen molar-refractivity contribution in [3.63, 3.8) is 0 Å². The van der Waals surface area contributed by atoms with Gasteiger partial charge in [-0.25, -0.2) is 12.8 Å². The van der Waals surface area contributed by atoms with Crippen LogP contribution in [0.5, 0.6) is 0 Å². The highest BCUT2D eigenvalue weighted by Crippen LogP contribution is 2.21. The number of amides is 1. The molecule has 1 saturated heterocycles. The fraction of sp³-hybridized carbons (Fsp3) is 0.476. The number of carbonyl (C=O) groups excluding carboxylic acids is 1. The quantitative estimate of drug-likeness (QED) is 0.584. The Bertz CT molecular complexity index is 954. The molecule has 1 aromatic carbocycles. The van der Waals surface area contributed by atoms with Crippen LogP contribution in [-0.4, -0.2) is 55.6 Å². The first kappa shape index (κ1) is 22.9. The van der Waals surface area contributed by atoms with E-state index in [2.05, 4.69) is 0 Å². The molecule has 1 fully saturated rings. The molecule has 0 saturated carbocycles. The van der Waals surface area contributed by atoms with E-state index < -0.39 is 10.0 Å². The third kappa shape index (κ3) is 6.34. The lowest BCUT2D eigenvalue weighted by atomic mass is 10.2. The fourth-order valence-electron chi connectivity index (χ4n) is 3.37. The number of sulfonamides is 1. The number of rotatable bonds is 9. The maximum absolute atomic E-state index is 13.3. The predicted molar refractivity (Wildman–Crippen MR) is 115 cm³/mol. The van der Waals surface area contributed by atoms with Gasteiger partial charge in [-0.1, -0.05) is 12.1 Å². The molecule has 0 radical (unpaired) electrons. The zero-order valence-corrected chi connectivity index (χ0v) is 18.8. The third-order valence-electron chi connectivity index (χ3n) is 5.15. The number of ether oxygens (including phenoxy) is 1. The summed E-state index contributed by atoms with van der Waals surface area (Å²) in [6.07, 6.45) is 2.61. The molecule has 1 aliphatic heterocycles. The van der Waals surface area contributed by atoms with Crippen LogP contribution in [0.1, 0.15) is 28.8 Å². The summed E-state index contributed by atoms with van der Waals surface area (Å²) in [6.45, 7) is 3.17. The van der Waals surface area contributed by atoms with E-state index in [0.29, 0.717) is 13.2 Å². The van der Waals surface area contributed by atoms with Crippen LogP contribution >= 0.6 is 11.3 Å². The van der Waals surface area contributed by atoms with Crippen molar-refractivity contribution in [2.45, 2.75) is 39.0 Å². The van der Waals surface area contributed by atoms with Gasteiger partial charge in [0.15, 0.2) is 0 Å². The summed E-state index contributed by atoms with van der Waals surface area (Å²) in [7, 11) is -3.57. The Kier molecular flexibility index (Phi) is 7.62. The molecule has 1 atom stereocenters. The van der Waals surface area contributed by atoms with Gasteiger partial charge >= 0.3 is 0 Å². The second-order valence-electron chi connectivity index (χ2n) is 7.59. The van der Waals surface area contributed by atoms with Crippen molar-refractivity contribution in [2.24, 2.45) is 0 Å². The molecule has 0 spiro atoms. The molecule has 1 amide bonds. The lowest BCUT2D eigenvalue weighted by Gasteiger charge is -2.27. The van der Waals surface area contributed by atoms with Crippen LogP contribution in [0.15, 0.2) is 35.7 Å². The maximum atomic E-state index is 13.3. The molecular formula is C21H27FN2O4S2. The van der Waals surface area contributed by atoms with Gasteiger partial charge in [-0.3, -0.25) is 4.79 Å². The van der Waals surface area contributed by atoms with Gasteiger partial charge in [0.25, 0.3) is 0 Å². The Balaban J connectivity index is 1.78. The van der Waals surface area contributed by atoms with E-state index in [0.717, 1.165) is 35.1 Å². The van der Waals surface area contributed by atoms with E-state index in [-0.39, 0.29) is 37.5 Å². The summed E-state index contributed by atoms with van der Waals surface area (Å²) in [5.41, 5.74) is 1.86. The molecule has 1 aromatic heterocycles. The van der Waals surface area contributed by atoms with Crippen LogP contribution in [-0.2, 0) is 32.6 Å². The van der Waals surface area contributed by atoms with Gasteiger partial charge < -0.3 is 9.64 Å².